The van der Waals surface area contributed by atoms with Crippen molar-refractivity contribution in [2.45, 2.75) is 24.1 Å². The number of aliphatic hydroxyl groups is 2. The molecule has 1 aromatic rings. The summed E-state index contributed by atoms with van der Waals surface area (Å²) in [5, 5.41) is 19.2. The highest BCUT2D eigenvalue weighted by Gasteiger charge is 2.54. The van der Waals surface area contributed by atoms with Crippen molar-refractivity contribution < 1.29 is 19.3 Å². The van der Waals surface area contributed by atoms with Crippen LogP contribution in [0.2, 0.25) is 0 Å². The largest absolute Gasteiger partial charge is 0.393 e. The maximum absolute atomic E-state index is 14.2. The number of alkyl halides is 1. The number of aliphatic hydroxyl groups excluding tert-OH is 2. The number of nitrogen functional groups attached to an aromatic ring is 1. The van der Waals surface area contributed by atoms with E-state index in [1.807, 2.05) is 0 Å². The van der Waals surface area contributed by atoms with Gasteiger partial charge in [-0.25, -0.2) is 9.18 Å². The summed E-state index contributed by atoms with van der Waals surface area (Å²) in [4.78, 5) is 15.1. The minimum Gasteiger partial charge on any atom is -0.393 e. The first kappa shape index (κ1) is 14.4. The van der Waals surface area contributed by atoms with Gasteiger partial charge in [-0.05, 0) is 12.1 Å². The Hall–Kier alpha value is -1.99. The standard InChI is InChI=1S/C12H14FN3O4/c1-2-4-12(6-17)9(18)8(13)10(20-12)16-5-3-7(14)15-11(16)19/h3-5,8-10,17-18H,1,6H2,(H2,14,15,19)/t8-,9-,10+,12+/m0/s1. The Bertz CT molecular complexity index is 613. The number of hydrogen-bond acceptors (Lipinski definition) is 6. The lowest BCUT2D eigenvalue weighted by Gasteiger charge is -2.25. The number of hydrogen-bond donors (Lipinski definition) is 3. The summed E-state index contributed by atoms with van der Waals surface area (Å²) in [6.45, 7) is 2.61. The third-order valence-corrected chi connectivity index (χ3v) is 3.13. The Morgan fingerprint density at radius 3 is 3.00 bits per heavy atom. The maximum atomic E-state index is 14.2. The molecule has 1 aromatic heterocycles. The summed E-state index contributed by atoms with van der Waals surface area (Å²) in [7, 11) is 0. The number of anilines is 1. The lowest BCUT2D eigenvalue weighted by Crippen LogP contribution is -2.43. The maximum Gasteiger partial charge on any atom is 0.351 e. The molecule has 0 radical (unpaired) electrons. The minimum absolute atomic E-state index is 0.0142. The van der Waals surface area contributed by atoms with Crippen LogP contribution in [-0.2, 0) is 4.74 Å². The SMILES string of the molecule is C=C=C[C@]1(CO)O[C@@H](n2ccc(N)nc2=O)[C@@H](F)[C@@H]1O. The van der Waals surface area contributed by atoms with Crippen LogP contribution in [0.5, 0.6) is 0 Å². The lowest BCUT2D eigenvalue weighted by molar-refractivity contribution is -0.0982. The Morgan fingerprint density at radius 2 is 2.45 bits per heavy atom. The van der Waals surface area contributed by atoms with Crippen molar-refractivity contribution in [1.29, 1.82) is 0 Å². The fraction of sp³-hybridized carbons (Fsp3) is 0.417. The van der Waals surface area contributed by atoms with Crippen LogP contribution in [0.15, 0.2) is 35.4 Å². The van der Waals surface area contributed by atoms with Crippen LogP contribution in [0, 0.1) is 0 Å². The van der Waals surface area contributed by atoms with E-state index in [9.17, 15) is 19.4 Å². The van der Waals surface area contributed by atoms with Gasteiger partial charge in [-0.2, -0.15) is 4.98 Å². The van der Waals surface area contributed by atoms with E-state index in [2.05, 4.69) is 17.3 Å². The highest BCUT2D eigenvalue weighted by molar-refractivity contribution is 5.24. The highest BCUT2D eigenvalue weighted by atomic mass is 19.1. The Morgan fingerprint density at radius 1 is 1.75 bits per heavy atom. The normalized spacial score (nSPS) is 32.9. The zero-order valence-corrected chi connectivity index (χ0v) is 10.4. The molecule has 0 bridgehead atoms. The van der Waals surface area contributed by atoms with E-state index in [-0.39, 0.29) is 5.82 Å². The molecule has 0 spiro atoms. The predicted molar refractivity (Wildman–Crippen MR) is 67.5 cm³/mol. The van der Waals surface area contributed by atoms with Crippen LogP contribution >= 0.6 is 0 Å². The van der Waals surface area contributed by atoms with Gasteiger partial charge in [0, 0.05) is 6.20 Å². The molecular formula is C12H14FN3O4. The second kappa shape index (κ2) is 5.18. The smallest absolute Gasteiger partial charge is 0.351 e. The van der Waals surface area contributed by atoms with Crippen molar-refractivity contribution in [3.8, 4) is 0 Å². The topological polar surface area (TPSA) is 111 Å². The Kier molecular flexibility index (Phi) is 3.74. The molecular weight excluding hydrogens is 269 g/mol. The third-order valence-electron chi connectivity index (χ3n) is 3.13. The number of nitrogens with two attached hydrogens (primary N) is 1. The first-order valence-corrected chi connectivity index (χ1v) is 5.77. The van der Waals surface area contributed by atoms with Crippen molar-refractivity contribution in [3.05, 3.63) is 41.1 Å². The number of rotatable bonds is 3. The predicted octanol–water partition coefficient (Wildman–Crippen LogP) is -0.875. The van der Waals surface area contributed by atoms with E-state index in [0.717, 1.165) is 10.6 Å². The Labute approximate surface area is 113 Å². The zero-order valence-electron chi connectivity index (χ0n) is 10.4. The fourth-order valence-corrected chi connectivity index (χ4v) is 2.08. The second-order valence-electron chi connectivity index (χ2n) is 4.40. The number of nitrogens with zero attached hydrogens (tertiary/aromatic N) is 2. The Balaban J connectivity index is 2.45. The molecule has 0 aliphatic carbocycles. The van der Waals surface area contributed by atoms with Crippen LogP contribution < -0.4 is 11.4 Å². The molecule has 1 fully saturated rings. The van der Waals surface area contributed by atoms with Crippen LogP contribution in [0.3, 0.4) is 0 Å². The molecule has 0 amide bonds. The first-order chi connectivity index (χ1) is 9.45. The van der Waals surface area contributed by atoms with Gasteiger partial charge < -0.3 is 20.7 Å². The molecule has 8 heteroatoms. The molecule has 1 aliphatic heterocycles. The van der Waals surface area contributed by atoms with Crippen LogP contribution in [0.4, 0.5) is 10.2 Å². The molecule has 1 saturated heterocycles. The van der Waals surface area contributed by atoms with Crippen molar-refractivity contribution in [2.24, 2.45) is 0 Å². The number of ether oxygens (including phenoxy) is 1. The molecule has 2 rings (SSSR count). The number of aromatic nitrogens is 2. The van der Waals surface area contributed by atoms with Gasteiger partial charge in [-0.1, -0.05) is 6.58 Å². The van der Waals surface area contributed by atoms with Gasteiger partial charge in [-0.15, -0.1) is 5.73 Å². The fourth-order valence-electron chi connectivity index (χ4n) is 2.08. The van der Waals surface area contributed by atoms with Gasteiger partial charge in [0.15, 0.2) is 12.4 Å². The van der Waals surface area contributed by atoms with E-state index in [4.69, 9.17) is 10.5 Å². The monoisotopic (exact) mass is 283 g/mol. The van der Waals surface area contributed by atoms with E-state index >= 15 is 0 Å². The summed E-state index contributed by atoms with van der Waals surface area (Å²) < 4.78 is 20.4. The molecule has 0 unspecified atom stereocenters. The van der Waals surface area contributed by atoms with E-state index < -0.39 is 36.4 Å². The number of halogens is 1. The van der Waals surface area contributed by atoms with Gasteiger partial charge in [0.2, 0.25) is 0 Å². The van der Waals surface area contributed by atoms with Crippen molar-refractivity contribution in [3.63, 3.8) is 0 Å². The first-order valence-electron chi connectivity index (χ1n) is 5.77. The van der Waals surface area contributed by atoms with Gasteiger partial charge in [0.1, 0.15) is 17.5 Å². The molecule has 108 valence electrons. The summed E-state index contributed by atoms with van der Waals surface area (Å²) in [6, 6.07) is 1.30. The molecule has 4 N–H and O–H groups in total. The molecule has 20 heavy (non-hydrogen) atoms. The highest BCUT2D eigenvalue weighted by Crippen LogP contribution is 2.39. The summed E-state index contributed by atoms with van der Waals surface area (Å²) in [5.74, 6) is -0.0142. The summed E-state index contributed by atoms with van der Waals surface area (Å²) in [6.07, 6.45) is -2.70. The van der Waals surface area contributed by atoms with Crippen LogP contribution in [-0.4, -0.2) is 44.2 Å². The van der Waals surface area contributed by atoms with E-state index in [1.165, 1.54) is 12.3 Å². The zero-order chi connectivity index (χ0) is 14.9. The molecule has 7 nitrogen and oxygen atoms in total. The van der Waals surface area contributed by atoms with E-state index in [0.29, 0.717) is 0 Å². The lowest BCUT2D eigenvalue weighted by atomic mass is 9.97. The van der Waals surface area contributed by atoms with Gasteiger partial charge in [0.05, 0.1) is 6.61 Å². The molecule has 2 heterocycles. The summed E-state index contributed by atoms with van der Waals surface area (Å²) >= 11 is 0. The quantitative estimate of drug-likeness (QED) is 0.622. The average Bonchev–Trinajstić information content (AvgIpc) is 2.65. The van der Waals surface area contributed by atoms with Gasteiger partial charge in [-0.3, -0.25) is 4.57 Å². The van der Waals surface area contributed by atoms with E-state index in [1.54, 1.807) is 0 Å². The van der Waals surface area contributed by atoms with Gasteiger partial charge in [0.25, 0.3) is 0 Å². The third kappa shape index (κ3) is 2.14. The van der Waals surface area contributed by atoms with Crippen LogP contribution in [0.25, 0.3) is 0 Å². The second-order valence-corrected chi connectivity index (χ2v) is 4.40. The molecule has 1 aliphatic rings. The average molecular weight is 283 g/mol. The van der Waals surface area contributed by atoms with Gasteiger partial charge >= 0.3 is 5.69 Å². The molecule has 0 aromatic carbocycles. The summed E-state index contributed by atoms with van der Waals surface area (Å²) in [5.41, 5.74) is 5.16. The minimum atomic E-state index is -1.94. The van der Waals surface area contributed by atoms with Crippen molar-refractivity contribution in [1.82, 2.24) is 9.55 Å². The van der Waals surface area contributed by atoms with Crippen molar-refractivity contribution >= 4 is 5.82 Å². The van der Waals surface area contributed by atoms with Crippen LogP contribution in [0.1, 0.15) is 6.23 Å². The molecule has 0 saturated carbocycles. The van der Waals surface area contributed by atoms with Crippen molar-refractivity contribution in [2.75, 3.05) is 12.3 Å². The molecule has 4 atom stereocenters.